The normalized spacial score (nSPS) is 28.3. The second kappa shape index (κ2) is 15.7. The summed E-state index contributed by atoms with van der Waals surface area (Å²) in [5.41, 5.74) is 1.76. The Balaban J connectivity index is 1.18. The van der Waals surface area contributed by atoms with Crippen LogP contribution in [-0.2, 0) is 49.3 Å². The van der Waals surface area contributed by atoms with Gasteiger partial charge in [-0.2, -0.15) is 0 Å². The van der Waals surface area contributed by atoms with Gasteiger partial charge in [0, 0.05) is 37.0 Å². The average molecular weight is 670 g/mol. The lowest BCUT2D eigenvalue weighted by Gasteiger charge is -2.42. The number of allylic oxidation sites excluding steroid dienone is 1. The Morgan fingerprint density at radius 2 is 1.79 bits per heavy atom. The van der Waals surface area contributed by atoms with Crippen molar-refractivity contribution in [3.8, 4) is 0 Å². The van der Waals surface area contributed by atoms with Crippen molar-refractivity contribution in [1.82, 2.24) is 0 Å². The highest BCUT2D eigenvalue weighted by Gasteiger charge is 2.72. The molecule has 3 fully saturated rings. The van der Waals surface area contributed by atoms with Crippen LogP contribution in [0.4, 0.5) is 5.69 Å². The van der Waals surface area contributed by atoms with Crippen molar-refractivity contribution in [1.29, 1.82) is 0 Å². The Labute approximate surface area is 285 Å². The molecule has 10 nitrogen and oxygen atoms in total. The summed E-state index contributed by atoms with van der Waals surface area (Å²) in [5.74, 6) is -1.38. The van der Waals surface area contributed by atoms with Crippen molar-refractivity contribution in [2.45, 2.75) is 123 Å². The van der Waals surface area contributed by atoms with E-state index in [0.29, 0.717) is 31.6 Å². The molecule has 10 heteroatoms. The van der Waals surface area contributed by atoms with Crippen LogP contribution in [0.2, 0.25) is 0 Å². The smallest absolute Gasteiger partial charge is 0.306 e. The van der Waals surface area contributed by atoms with Crippen molar-refractivity contribution in [2.75, 3.05) is 32.2 Å². The van der Waals surface area contributed by atoms with E-state index in [1.165, 1.54) is 5.57 Å². The lowest BCUT2D eigenvalue weighted by Crippen LogP contribution is -2.55. The van der Waals surface area contributed by atoms with Crippen molar-refractivity contribution in [2.24, 2.45) is 17.3 Å². The molecule has 1 aromatic carbocycles. The summed E-state index contributed by atoms with van der Waals surface area (Å²) < 4.78 is 29.5. The number of benzene rings is 1. The quantitative estimate of drug-likeness (QED) is 0.124. The van der Waals surface area contributed by atoms with E-state index in [9.17, 15) is 19.2 Å². The van der Waals surface area contributed by atoms with Crippen LogP contribution < -0.4 is 5.32 Å². The fraction of sp³-hybridized carbons (Fsp3) is 0.684. The van der Waals surface area contributed by atoms with Crippen LogP contribution in [0.1, 0.15) is 92.6 Å². The van der Waals surface area contributed by atoms with Gasteiger partial charge in [0.2, 0.25) is 5.91 Å². The number of ether oxygens (including phenoxy) is 5. The molecule has 4 rings (SSSR count). The molecule has 2 heterocycles. The summed E-state index contributed by atoms with van der Waals surface area (Å²) in [6.07, 6.45) is 5.62. The number of methoxy groups -OCH3 is 1. The molecule has 1 unspecified atom stereocenters. The standard InChI is InChI=1S/C38H55NO9/c1-24(2)12-17-31-37(7,48-31)34-33(44-8)29(18-19-38(34)23-46-38)47-32(42)11-9-10-26-13-15-27(16-14-26)39-35(43)25(3)20-28(40)21-45-22-30(41)36(4,5)6/h12-16,25,29,31,33-34H,9-11,17-23H2,1-8H3,(H,39,43)/t25-,29-,31?,33-,34-,37-,38+/m1/s1. The average Bonchev–Trinajstić information content (AvgIpc) is 3.93. The van der Waals surface area contributed by atoms with Crippen molar-refractivity contribution in [3.63, 3.8) is 0 Å². The molecule has 1 aromatic rings. The molecule has 1 saturated carbocycles. The number of hydrogen-bond donors (Lipinski definition) is 1. The predicted molar refractivity (Wildman–Crippen MR) is 181 cm³/mol. The second-order valence-electron chi connectivity index (χ2n) is 15.3. The first-order valence-electron chi connectivity index (χ1n) is 17.3. The van der Waals surface area contributed by atoms with Gasteiger partial charge in [0.1, 0.15) is 36.6 Å². The van der Waals surface area contributed by atoms with E-state index in [2.05, 4.69) is 32.2 Å². The minimum atomic E-state index is -0.548. The zero-order valence-corrected chi connectivity index (χ0v) is 30.0. The first-order valence-corrected chi connectivity index (χ1v) is 17.3. The Morgan fingerprint density at radius 1 is 1.10 bits per heavy atom. The van der Waals surface area contributed by atoms with E-state index in [1.54, 1.807) is 34.8 Å². The Kier molecular flexibility index (Phi) is 12.4. The van der Waals surface area contributed by atoms with E-state index in [1.807, 2.05) is 24.3 Å². The topological polar surface area (TPSA) is 133 Å². The number of esters is 1. The molecule has 1 N–H and O–H groups in total. The molecule has 1 spiro atoms. The van der Waals surface area contributed by atoms with Crippen LogP contribution in [0.15, 0.2) is 35.9 Å². The molecular formula is C38H55NO9. The fourth-order valence-corrected chi connectivity index (χ4v) is 6.72. The van der Waals surface area contributed by atoms with Crippen LogP contribution in [0, 0.1) is 17.3 Å². The zero-order chi connectivity index (χ0) is 35.3. The second-order valence-corrected chi connectivity index (χ2v) is 15.3. The number of carbonyl (C=O) groups excluding carboxylic acids is 4. The zero-order valence-electron chi connectivity index (χ0n) is 30.0. The molecule has 2 aliphatic heterocycles. The molecule has 7 atom stereocenters. The number of amides is 1. The summed E-state index contributed by atoms with van der Waals surface area (Å²) in [6.45, 7) is 13.7. The molecule has 1 aliphatic carbocycles. The van der Waals surface area contributed by atoms with E-state index >= 15 is 0 Å². The molecule has 0 radical (unpaired) electrons. The predicted octanol–water partition coefficient (Wildman–Crippen LogP) is 5.79. The van der Waals surface area contributed by atoms with Gasteiger partial charge in [-0.1, -0.05) is 51.5 Å². The van der Waals surface area contributed by atoms with Crippen molar-refractivity contribution in [3.05, 3.63) is 41.5 Å². The SMILES string of the molecule is CO[C@@H]1[C@H](OC(=O)CCCc2ccc(NC(=O)[C@H](C)CC(=O)COCC(=O)C(C)(C)C)cc2)CC[C@]2(CO2)[C@H]1[C@]1(C)OC1CC=C(C)C. The molecule has 3 aliphatic rings. The van der Waals surface area contributed by atoms with E-state index < -0.39 is 11.3 Å². The van der Waals surface area contributed by atoms with Gasteiger partial charge < -0.3 is 29.0 Å². The van der Waals surface area contributed by atoms with Gasteiger partial charge in [-0.25, -0.2) is 0 Å². The van der Waals surface area contributed by atoms with Gasteiger partial charge in [0.05, 0.1) is 18.6 Å². The third-order valence-corrected chi connectivity index (χ3v) is 9.90. The molecular weight excluding hydrogens is 614 g/mol. The van der Waals surface area contributed by atoms with Crippen LogP contribution >= 0.6 is 0 Å². The Bertz CT molecular complexity index is 1340. The third-order valence-electron chi connectivity index (χ3n) is 9.90. The van der Waals surface area contributed by atoms with Gasteiger partial charge in [0.15, 0.2) is 11.6 Å². The number of rotatable bonds is 17. The van der Waals surface area contributed by atoms with Crippen LogP contribution in [0.25, 0.3) is 0 Å². The van der Waals surface area contributed by atoms with Crippen LogP contribution in [0.3, 0.4) is 0 Å². The monoisotopic (exact) mass is 669 g/mol. The highest BCUT2D eigenvalue weighted by Crippen LogP contribution is 2.59. The molecule has 48 heavy (non-hydrogen) atoms. The molecule has 0 aromatic heterocycles. The summed E-state index contributed by atoms with van der Waals surface area (Å²) in [7, 11) is 1.68. The van der Waals surface area contributed by atoms with Crippen molar-refractivity contribution >= 4 is 29.1 Å². The van der Waals surface area contributed by atoms with Crippen LogP contribution in [-0.4, -0.2) is 79.9 Å². The van der Waals surface area contributed by atoms with Crippen LogP contribution in [0.5, 0.6) is 0 Å². The van der Waals surface area contributed by atoms with E-state index in [0.717, 1.165) is 18.4 Å². The number of Topliss-reactive ketones (excluding diaryl/α,β-unsaturated/α-hetero) is 2. The van der Waals surface area contributed by atoms with E-state index in [-0.39, 0.29) is 84.9 Å². The lowest BCUT2D eigenvalue weighted by atomic mass is 9.68. The Hall–Kier alpha value is -2.92. The molecule has 0 bridgehead atoms. The number of epoxide rings is 2. The van der Waals surface area contributed by atoms with Gasteiger partial charge in [-0.3, -0.25) is 19.2 Å². The molecule has 266 valence electrons. The largest absolute Gasteiger partial charge is 0.460 e. The number of ketones is 2. The van der Waals surface area contributed by atoms with Gasteiger partial charge in [-0.15, -0.1) is 0 Å². The minimum absolute atomic E-state index is 0.0102. The summed E-state index contributed by atoms with van der Waals surface area (Å²) in [5, 5.41) is 2.85. The number of nitrogens with one attached hydrogen (secondary N) is 1. The highest BCUT2D eigenvalue weighted by atomic mass is 16.6. The summed E-state index contributed by atoms with van der Waals surface area (Å²) >= 11 is 0. The fourth-order valence-electron chi connectivity index (χ4n) is 6.72. The maximum Gasteiger partial charge on any atom is 0.306 e. The molecule has 2 saturated heterocycles. The number of carbonyl (C=O) groups is 4. The lowest BCUT2D eigenvalue weighted by molar-refractivity contribution is -0.172. The van der Waals surface area contributed by atoms with Gasteiger partial charge in [-0.05, 0) is 70.6 Å². The maximum absolute atomic E-state index is 13.0. The number of aryl methyl sites for hydroxylation is 1. The summed E-state index contributed by atoms with van der Waals surface area (Å²) in [4.78, 5) is 49.8. The third kappa shape index (κ3) is 9.83. The van der Waals surface area contributed by atoms with E-state index in [4.69, 9.17) is 23.7 Å². The summed E-state index contributed by atoms with van der Waals surface area (Å²) in [6, 6.07) is 7.46. The minimum Gasteiger partial charge on any atom is -0.460 e. The van der Waals surface area contributed by atoms with Gasteiger partial charge in [0.25, 0.3) is 0 Å². The van der Waals surface area contributed by atoms with Gasteiger partial charge >= 0.3 is 5.97 Å². The molecule has 1 amide bonds. The maximum atomic E-state index is 13.0. The number of anilines is 1. The first-order chi connectivity index (χ1) is 22.6. The Morgan fingerprint density at radius 3 is 2.40 bits per heavy atom. The first kappa shape index (κ1) is 37.9. The number of hydrogen-bond acceptors (Lipinski definition) is 9. The highest BCUT2D eigenvalue weighted by molar-refractivity contribution is 5.95. The van der Waals surface area contributed by atoms with Crippen molar-refractivity contribution < 1.29 is 42.9 Å².